The van der Waals surface area contributed by atoms with Gasteiger partial charge in [-0.2, -0.15) is 0 Å². The maximum Gasteiger partial charge on any atom is 0.0674 e. The monoisotopic (exact) mass is 268 g/mol. The van der Waals surface area contributed by atoms with Crippen molar-refractivity contribution in [2.45, 2.75) is 71.1 Å². The van der Waals surface area contributed by atoms with E-state index in [-0.39, 0.29) is 0 Å². The lowest BCUT2D eigenvalue weighted by molar-refractivity contribution is -0.0573. The third-order valence-electron chi connectivity index (χ3n) is 4.96. The highest BCUT2D eigenvalue weighted by Gasteiger charge is 2.29. The number of nitrogens with zero attached hydrogens (tertiary/aromatic N) is 1. The van der Waals surface area contributed by atoms with E-state index in [1.54, 1.807) is 0 Å². The van der Waals surface area contributed by atoms with Crippen molar-refractivity contribution >= 4 is 0 Å². The van der Waals surface area contributed by atoms with Crippen molar-refractivity contribution in [1.82, 2.24) is 10.2 Å². The van der Waals surface area contributed by atoms with Crippen LogP contribution in [0.4, 0.5) is 0 Å². The smallest absolute Gasteiger partial charge is 0.0674 e. The minimum atomic E-state index is 0.413. The first kappa shape index (κ1) is 15.3. The molecule has 0 bridgehead atoms. The first-order chi connectivity index (χ1) is 9.24. The van der Waals surface area contributed by atoms with Gasteiger partial charge in [0, 0.05) is 18.6 Å². The van der Waals surface area contributed by atoms with Gasteiger partial charge < -0.3 is 10.1 Å². The van der Waals surface area contributed by atoms with Crippen LogP contribution in [0.15, 0.2) is 0 Å². The van der Waals surface area contributed by atoms with Crippen LogP contribution >= 0.6 is 0 Å². The fourth-order valence-corrected chi connectivity index (χ4v) is 3.81. The van der Waals surface area contributed by atoms with Crippen molar-refractivity contribution in [2.75, 3.05) is 26.2 Å². The summed E-state index contributed by atoms with van der Waals surface area (Å²) in [6.45, 7) is 11.2. The summed E-state index contributed by atoms with van der Waals surface area (Å²) in [6, 6.07) is 1.43. The van der Waals surface area contributed by atoms with Crippen LogP contribution in [0, 0.1) is 5.92 Å². The first-order valence-electron chi connectivity index (χ1n) is 8.33. The summed E-state index contributed by atoms with van der Waals surface area (Å²) in [6.07, 6.45) is 7.22. The number of ether oxygens (including phenoxy) is 1. The fraction of sp³-hybridized carbons (Fsp3) is 1.00. The second-order valence-electron chi connectivity index (χ2n) is 6.34. The Kier molecular flexibility index (Phi) is 6.11. The Morgan fingerprint density at radius 2 is 2.11 bits per heavy atom. The molecule has 0 amide bonds. The van der Waals surface area contributed by atoms with Crippen LogP contribution in [0.1, 0.15) is 52.9 Å². The maximum atomic E-state index is 5.79. The lowest BCUT2D eigenvalue weighted by Crippen LogP contribution is -2.49. The molecule has 0 aromatic carbocycles. The zero-order chi connectivity index (χ0) is 13.7. The number of hydrogen-bond acceptors (Lipinski definition) is 3. The third kappa shape index (κ3) is 4.17. The van der Waals surface area contributed by atoms with Gasteiger partial charge in [-0.05, 0) is 51.6 Å². The van der Waals surface area contributed by atoms with Crippen molar-refractivity contribution < 1.29 is 4.74 Å². The molecular weight excluding hydrogens is 236 g/mol. The number of rotatable bonds is 6. The summed E-state index contributed by atoms with van der Waals surface area (Å²) < 4.78 is 5.79. The van der Waals surface area contributed by atoms with Crippen LogP contribution in [-0.4, -0.2) is 49.3 Å². The zero-order valence-corrected chi connectivity index (χ0v) is 13.0. The molecular formula is C16H32N2O. The molecule has 1 saturated carbocycles. The van der Waals surface area contributed by atoms with Crippen LogP contribution in [0.3, 0.4) is 0 Å². The number of morpholine rings is 1. The van der Waals surface area contributed by atoms with Crippen LogP contribution in [0.25, 0.3) is 0 Å². The van der Waals surface area contributed by atoms with E-state index >= 15 is 0 Å². The van der Waals surface area contributed by atoms with E-state index in [0.717, 1.165) is 31.7 Å². The van der Waals surface area contributed by atoms with Crippen LogP contribution in [0.5, 0.6) is 0 Å². The number of nitrogens with one attached hydrogen (secondary N) is 1. The molecule has 2 fully saturated rings. The largest absolute Gasteiger partial charge is 0.376 e. The third-order valence-corrected chi connectivity index (χ3v) is 4.96. The van der Waals surface area contributed by atoms with Crippen molar-refractivity contribution in [3.05, 3.63) is 0 Å². The van der Waals surface area contributed by atoms with Gasteiger partial charge in [0.25, 0.3) is 0 Å². The summed E-state index contributed by atoms with van der Waals surface area (Å²) in [5.74, 6) is 0.899. The highest BCUT2D eigenvalue weighted by atomic mass is 16.5. The van der Waals surface area contributed by atoms with Gasteiger partial charge in [-0.1, -0.05) is 20.3 Å². The van der Waals surface area contributed by atoms with E-state index in [1.165, 1.54) is 38.6 Å². The molecule has 19 heavy (non-hydrogen) atoms. The molecule has 1 N–H and O–H groups in total. The summed E-state index contributed by atoms with van der Waals surface area (Å²) in [5, 5.41) is 3.67. The minimum Gasteiger partial charge on any atom is -0.376 e. The topological polar surface area (TPSA) is 24.5 Å². The highest BCUT2D eigenvalue weighted by Crippen LogP contribution is 2.29. The lowest BCUT2D eigenvalue weighted by atomic mass is 9.98. The van der Waals surface area contributed by atoms with Crippen molar-refractivity contribution in [1.29, 1.82) is 0 Å². The van der Waals surface area contributed by atoms with E-state index < -0.39 is 0 Å². The Balaban J connectivity index is 1.79. The Hall–Kier alpha value is -0.120. The molecule has 3 nitrogen and oxygen atoms in total. The van der Waals surface area contributed by atoms with Gasteiger partial charge in [-0.3, -0.25) is 4.90 Å². The first-order valence-corrected chi connectivity index (χ1v) is 8.33. The molecule has 4 atom stereocenters. The second kappa shape index (κ2) is 7.61. The number of hydrogen-bond donors (Lipinski definition) is 1. The molecule has 4 unspecified atom stereocenters. The van der Waals surface area contributed by atoms with E-state index in [0.29, 0.717) is 12.1 Å². The molecule has 1 saturated heterocycles. The molecule has 1 heterocycles. The van der Waals surface area contributed by atoms with Gasteiger partial charge in [0.15, 0.2) is 0 Å². The minimum absolute atomic E-state index is 0.413. The van der Waals surface area contributed by atoms with Gasteiger partial charge in [0.1, 0.15) is 0 Å². The van der Waals surface area contributed by atoms with Crippen LogP contribution in [-0.2, 0) is 4.74 Å². The zero-order valence-electron chi connectivity index (χ0n) is 13.0. The molecule has 1 aliphatic heterocycles. The molecule has 0 aromatic heterocycles. The molecule has 112 valence electrons. The molecule has 0 aromatic rings. The fourth-order valence-electron chi connectivity index (χ4n) is 3.81. The van der Waals surface area contributed by atoms with E-state index in [1.807, 2.05) is 0 Å². The predicted octanol–water partition coefficient (Wildman–Crippen LogP) is 2.65. The van der Waals surface area contributed by atoms with Gasteiger partial charge in [0.05, 0.1) is 12.7 Å². The molecule has 0 spiro atoms. The Morgan fingerprint density at radius 1 is 1.26 bits per heavy atom. The highest BCUT2D eigenvalue weighted by molar-refractivity contribution is 4.85. The average molecular weight is 268 g/mol. The SMILES string of the molecule is CCNC1CCCC1CCN1CC(C)OCC1CC. The van der Waals surface area contributed by atoms with Gasteiger partial charge in [-0.15, -0.1) is 0 Å². The van der Waals surface area contributed by atoms with E-state index in [4.69, 9.17) is 4.74 Å². The van der Waals surface area contributed by atoms with Crippen molar-refractivity contribution in [3.8, 4) is 0 Å². The van der Waals surface area contributed by atoms with E-state index in [2.05, 4.69) is 31.0 Å². The van der Waals surface area contributed by atoms with Crippen molar-refractivity contribution in [2.24, 2.45) is 5.92 Å². The molecule has 3 heteroatoms. The van der Waals surface area contributed by atoms with Gasteiger partial charge >= 0.3 is 0 Å². The van der Waals surface area contributed by atoms with E-state index in [9.17, 15) is 0 Å². The van der Waals surface area contributed by atoms with Crippen LogP contribution < -0.4 is 5.32 Å². The Morgan fingerprint density at radius 3 is 2.84 bits per heavy atom. The molecule has 2 rings (SSSR count). The normalized spacial score (nSPS) is 36.8. The molecule has 2 aliphatic rings. The van der Waals surface area contributed by atoms with Gasteiger partial charge in [0.2, 0.25) is 0 Å². The standard InChI is InChI=1S/C16H32N2O/c1-4-15-12-19-13(3)11-18(15)10-9-14-7-6-8-16(14)17-5-2/h13-17H,4-12H2,1-3H3. The Bertz CT molecular complexity index is 259. The summed E-state index contributed by atoms with van der Waals surface area (Å²) in [5.41, 5.74) is 0. The molecule has 0 radical (unpaired) electrons. The summed E-state index contributed by atoms with van der Waals surface area (Å²) in [7, 11) is 0. The maximum absolute atomic E-state index is 5.79. The van der Waals surface area contributed by atoms with Gasteiger partial charge in [-0.25, -0.2) is 0 Å². The quantitative estimate of drug-likeness (QED) is 0.801. The lowest BCUT2D eigenvalue weighted by Gasteiger charge is -2.39. The van der Waals surface area contributed by atoms with Crippen molar-refractivity contribution in [3.63, 3.8) is 0 Å². The summed E-state index contributed by atoms with van der Waals surface area (Å²) >= 11 is 0. The average Bonchev–Trinajstić information content (AvgIpc) is 2.84. The summed E-state index contributed by atoms with van der Waals surface area (Å²) in [4.78, 5) is 2.68. The predicted molar refractivity (Wildman–Crippen MR) is 80.5 cm³/mol. The van der Waals surface area contributed by atoms with Crippen LogP contribution in [0.2, 0.25) is 0 Å². The second-order valence-corrected chi connectivity index (χ2v) is 6.34. The Labute approximate surface area is 119 Å². The molecule has 1 aliphatic carbocycles.